The van der Waals surface area contributed by atoms with Gasteiger partial charge < -0.3 is 15.2 Å². The van der Waals surface area contributed by atoms with Crippen LogP contribution in [0.5, 0.6) is 0 Å². The van der Waals surface area contributed by atoms with Crippen LogP contribution >= 0.6 is 0 Å². The molecule has 0 aromatic heterocycles. The molecule has 0 bridgehead atoms. The summed E-state index contributed by atoms with van der Waals surface area (Å²) >= 11 is 0. The number of hydrogen-bond acceptors (Lipinski definition) is 6. The van der Waals surface area contributed by atoms with E-state index in [1.165, 1.54) is 0 Å². The molecule has 9 atom stereocenters. The molecule has 220 valence electrons. The summed E-state index contributed by atoms with van der Waals surface area (Å²) < 4.78 is 12.4. The standard InChI is InChI=1S/C31H51N3O5/c1-16(2)22-11-9-18(5)13-25(22)38-29(35)27-20(7)15-24(33-34-31(32)37)28(21(27)8)30(36)39-26-14-19(6)10-12-23(26)17(3)4/h15-19,21-23,25-28H,9-14H2,1-8H3,(H3,32,34,37)/b33-24-/t18-,19+,21-,22-,23+,25+,26+,27-,28-/m0/s1. The Labute approximate surface area is 234 Å². The van der Waals surface area contributed by atoms with Gasteiger partial charge in [0.1, 0.15) is 18.1 Å². The summed E-state index contributed by atoms with van der Waals surface area (Å²) in [5, 5.41) is 4.17. The first-order chi connectivity index (χ1) is 18.3. The van der Waals surface area contributed by atoms with Crippen LogP contribution < -0.4 is 11.2 Å². The maximum absolute atomic E-state index is 13.8. The predicted molar refractivity (Wildman–Crippen MR) is 153 cm³/mol. The van der Waals surface area contributed by atoms with E-state index >= 15 is 0 Å². The van der Waals surface area contributed by atoms with Crippen molar-refractivity contribution < 1.29 is 23.9 Å². The van der Waals surface area contributed by atoms with E-state index < -0.39 is 29.8 Å². The Kier molecular flexibility index (Phi) is 10.6. The number of amides is 2. The van der Waals surface area contributed by atoms with Crippen LogP contribution in [0.15, 0.2) is 16.8 Å². The minimum atomic E-state index is -0.825. The lowest BCUT2D eigenvalue weighted by atomic mass is 9.71. The number of allylic oxidation sites excluding steroid dienone is 1. The second-order valence-electron chi connectivity index (χ2n) is 13.3. The lowest BCUT2D eigenvalue weighted by Crippen LogP contribution is -2.46. The van der Waals surface area contributed by atoms with Crippen molar-refractivity contribution in [1.29, 1.82) is 0 Å². The van der Waals surface area contributed by atoms with Gasteiger partial charge in [0.2, 0.25) is 0 Å². The maximum Gasteiger partial charge on any atom is 0.332 e. The molecule has 0 saturated heterocycles. The maximum atomic E-state index is 13.8. The number of urea groups is 1. The quantitative estimate of drug-likeness (QED) is 0.307. The zero-order valence-electron chi connectivity index (χ0n) is 25.2. The number of carbonyl (C=O) groups is 3. The third-order valence-electron chi connectivity index (χ3n) is 9.50. The molecule has 0 aromatic rings. The predicted octanol–water partition coefficient (Wildman–Crippen LogP) is 5.85. The summed E-state index contributed by atoms with van der Waals surface area (Å²) in [5.74, 6) is -0.198. The second kappa shape index (κ2) is 13.3. The lowest BCUT2D eigenvalue weighted by molar-refractivity contribution is -0.165. The number of nitrogens with zero attached hydrogens (tertiary/aromatic N) is 1. The van der Waals surface area contributed by atoms with Crippen LogP contribution in [0.4, 0.5) is 4.79 Å². The highest BCUT2D eigenvalue weighted by Gasteiger charge is 2.46. The van der Waals surface area contributed by atoms with Crippen LogP contribution in [-0.2, 0) is 19.1 Å². The van der Waals surface area contributed by atoms with Crippen LogP contribution in [0.1, 0.15) is 93.9 Å². The minimum Gasteiger partial charge on any atom is -0.462 e. The van der Waals surface area contributed by atoms with Crippen LogP contribution in [0, 0.1) is 53.3 Å². The smallest absolute Gasteiger partial charge is 0.332 e. The van der Waals surface area contributed by atoms with Gasteiger partial charge in [0.05, 0.1) is 11.6 Å². The molecule has 39 heavy (non-hydrogen) atoms. The van der Waals surface area contributed by atoms with Gasteiger partial charge in [-0.15, -0.1) is 0 Å². The van der Waals surface area contributed by atoms with Crippen LogP contribution in [-0.4, -0.2) is 35.9 Å². The third kappa shape index (κ3) is 7.63. The fourth-order valence-corrected chi connectivity index (χ4v) is 7.19. The topological polar surface area (TPSA) is 120 Å². The molecule has 3 aliphatic carbocycles. The van der Waals surface area contributed by atoms with Gasteiger partial charge in [-0.3, -0.25) is 9.59 Å². The first-order valence-electron chi connectivity index (χ1n) is 15.0. The van der Waals surface area contributed by atoms with Gasteiger partial charge >= 0.3 is 18.0 Å². The average molecular weight is 546 g/mol. The second-order valence-corrected chi connectivity index (χ2v) is 13.3. The number of primary amides is 1. The van der Waals surface area contributed by atoms with Gasteiger partial charge in [-0.2, -0.15) is 5.10 Å². The number of carbonyl (C=O) groups excluding carboxylic acids is 3. The molecule has 0 spiro atoms. The molecule has 0 unspecified atom stereocenters. The molecule has 0 aromatic carbocycles. The zero-order valence-corrected chi connectivity index (χ0v) is 25.2. The lowest BCUT2D eigenvalue weighted by Gasteiger charge is -2.40. The molecule has 0 radical (unpaired) electrons. The molecule has 0 aliphatic heterocycles. The van der Waals surface area contributed by atoms with E-state index in [9.17, 15) is 14.4 Å². The largest absolute Gasteiger partial charge is 0.462 e. The van der Waals surface area contributed by atoms with Crippen LogP contribution in [0.2, 0.25) is 0 Å². The Morgan fingerprint density at radius 2 is 1.31 bits per heavy atom. The van der Waals surface area contributed by atoms with E-state index in [4.69, 9.17) is 15.2 Å². The molecule has 8 heteroatoms. The number of nitrogens with two attached hydrogens (primary N) is 1. The summed E-state index contributed by atoms with van der Waals surface area (Å²) in [6.45, 7) is 16.8. The number of hydrazone groups is 1. The Bertz CT molecular complexity index is 958. The highest BCUT2D eigenvalue weighted by molar-refractivity contribution is 6.11. The van der Waals surface area contributed by atoms with Crippen molar-refractivity contribution in [2.75, 3.05) is 0 Å². The van der Waals surface area contributed by atoms with Crippen molar-refractivity contribution in [3.8, 4) is 0 Å². The SMILES string of the molecule is CC1=C/C(=N/NC(N)=O)[C@@H](C(=O)O[C@@H]2C[C@H](C)CC[C@@H]2C(C)C)[C@@H](C)[C@H]1C(=O)O[C@@H]1C[C@@H](C)CC[C@H]1C(C)C. The van der Waals surface area contributed by atoms with Gasteiger partial charge in [-0.25, -0.2) is 10.2 Å². The van der Waals surface area contributed by atoms with Crippen molar-refractivity contribution in [2.45, 2.75) is 106 Å². The highest BCUT2D eigenvalue weighted by Crippen LogP contribution is 2.41. The number of rotatable bonds is 7. The number of esters is 2. The van der Waals surface area contributed by atoms with E-state index in [1.54, 1.807) is 6.08 Å². The van der Waals surface area contributed by atoms with Crippen molar-refractivity contribution in [3.05, 3.63) is 11.6 Å². The molecule has 3 rings (SSSR count). The normalized spacial score (nSPS) is 36.4. The van der Waals surface area contributed by atoms with Gasteiger partial charge in [0.15, 0.2) is 0 Å². The molecule has 8 nitrogen and oxygen atoms in total. The summed E-state index contributed by atoms with van der Waals surface area (Å²) in [5.41, 5.74) is 8.65. The molecule has 2 amide bonds. The van der Waals surface area contributed by atoms with Crippen molar-refractivity contribution >= 4 is 23.7 Å². The summed E-state index contributed by atoms with van der Waals surface area (Å²) in [7, 11) is 0. The summed E-state index contributed by atoms with van der Waals surface area (Å²) in [4.78, 5) is 39.0. The number of ether oxygens (including phenoxy) is 2. The van der Waals surface area contributed by atoms with Crippen molar-refractivity contribution in [2.24, 2.45) is 64.1 Å². The van der Waals surface area contributed by atoms with E-state index in [-0.39, 0.29) is 24.1 Å². The van der Waals surface area contributed by atoms with Gasteiger partial charge in [-0.05, 0) is 80.1 Å². The first kappa shape index (κ1) is 31.2. The van der Waals surface area contributed by atoms with Gasteiger partial charge in [0.25, 0.3) is 0 Å². The summed E-state index contributed by atoms with van der Waals surface area (Å²) in [6.07, 6.45) is 7.40. The molecule has 3 N–H and O–H groups in total. The van der Waals surface area contributed by atoms with E-state index in [1.807, 2.05) is 13.8 Å². The highest BCUT2D eigenvalue weighted by atomic mass is 16.5. The Hall–Kier alpha value is -2.38. The van der Waals surface area contributed by atoms with Crippen LogP contribution in [0.25, 0.3) is 0 Å². The zero-order chi connectivity index (χ0) is 29.0. The van der Waals surface area contributed by atoms with Gasteiger partial charge in [-0.1, -0.05) is 66.9 Å². The van der Waals surface area contributed by atoms with E-state index in [0.29, 0.717) is 35.3 Å². The van der Waals surface area contributed by atoms with Crippen molar-refractivity contribution in [3.63, 3.8) is 0 Å². The number of hydrogen-bond donors (Lipinski definition) is 2. The third-order valence-corrected chi connectivity index (χ3v) is 9.50. The molecule has 2 saturated carbocycles. The first-order valence-corrected chi connectivity index (χ1v) is 15.0. The Balaban J connectivity index is 1.88. The van der Waals surface area contributed by atoms with Gasteiger partial charge in [0, 0.05) is 0 Å². The molecule has 0 heterocycles. The van der Waals surface area contributed by atoms with E-state index in [0.717, 1.165) is 44.1 Å². The van der Waals surface area contributed by atoms with Crippen molar-refractivity contribution in [1.82, 2.24) is 5.43 Å². The molecule has 3 aliphatic rings. The molecule has 2 fully saturated rings. The number of nitrogens with one attached hydrogen (secondary N) is 1. The fourth-order valence-electron chi connectivity index (χ4n) is 7.19. The molecular formula is C31H51N3O5. The monoisotopic (exact) mass is 545 g/mol. The Morgan fingerprint density at radius 3 is 1.74 bits per heavy atom. The molecular weight excluding hydrogens is 494 g/mol. The Morgan fingerprint density at radius 1 is 0.846 bits per heavy atom. The minimum absolute atomic E-state index is 0.131. The summed E-state index contributed by atoms with van der Waals surface area (Å²) in [6, 6.07) is -0.818. The average Bonchev–Trinajstić information content (AvgIpc) is 2.82. The van der Waals surface area contributed by atoms with E-state index in [2.05, 4.69) is 52.1 Å². The van der Waals surface area contributed by atoms with Crippen LogP contribution in [0.3, 0.4) is 0 Å². The fraction of sp³-hybridized carbons (Fsp3) is 0.806.